The zero-order chi connectivity index (χ0) is 14.4. The first-order valence-electron chi connectivity index (χ1n) is 6.58. The van der Waals surface area contributed by atoms with Crippen LogP contribution < -0.4 is 10.6 Å². The van der Waals surface area contributed by atoms with Crippen molar-refractivity contribution in [2.75, 3.05) is 24.3 Å². The van der Waals surface area contributed by atoms with E-state index >= 15 is 0 Å². The maximum Gasteiger partial charge on any atom is 0.158 e. The van der Waals surface area contributed by atoms with Crippen LogP contribution in [-0.2, 0) is 18.4 Å². The van der Waals surface area contributed by atoms with Crippen molar-refractivity contribution in [2.45, 2.75) is 20.0 Å². The van der Waals surface area contributed by atoms with E-state index in [4.69, 9.17) is 4.74 Å². The van der Waals surface area contributed by atoms with Gasteiger partial charge in [-0.15, -0.1) is 0 Å². The molecule has 0 amide bonds. The molecule has 0 saturated heterocycles. The SMILES string of the molecule is CCCNc1cc(Nc2ccn(C)n2)nc(COC)n1. The van der Waals surface area contributed by atoms with E-state index in [1.807, 2.05) is 25.4 Å². The molecule has 0 bridgehead atoms. The van der Waals surface area contributed by atoms with Crippen molar-refractivity contribution in [2.24, 2.45) is 7.05 Å². The Hall–Kier alpha value is -2.15. The van der Waals surface area contributed by atoms with Gasteiger partial charge in [-0.2, -0.15) is 5.10 Å². The summed E-state index contributed by atoms with van der Waals surface area (Å²) in [6.07, 6.45) is 2.91. The molecule has 108 valence electrons. The summed E-state index contributed by atoms with van der Waals surface area (Å²) < 4.78 is 6.83. The highest BCUT2D eigenvalue weighted by Gasteiger charge is 2.06. The number of nitrogens with zero attached hydrogens (tertiary/aromatic N) is 4. The number of methoxy groups -OCH3 is 1. The van der Waals surface area contributed by atoms with Crippen molar-refractivity contribution < 1.29 is 4.74 Å². The third-order valence-corrected chi connectivity index (χ3v) is 2.57. The first kappa shape index (κ1) is 14.3. The zero-order valence-corrected chi connectivity index (χ0v) is 12.1. The fraction of sp³-hybridized carbons (Fsp3) is 0.462. The van der Waals surface area contributed by atoms with Crippen LogP contribution in [-0.4, -0.2) is 33.4 Å². The Morgan fingerprint density at radius 3 is 2.70 bits per heavy atom. The minimum atomic E-state index is 0.374. The normalized spacial score (nSPS) is 10.6. The van der Waals surface area contributed by atoms with Crippen molar-refractivity contribution >= 4 is 17.5 Å². The molecule has 7 nitrogen and oxygen atoms in total. The Morgan fingerprint density at radius 1 is 1.25 bits per heavy atom. The largest absolute Gasteiger partial charge is 0.377 e. The van der Waals surface area contributed by atoms with Gasteiger partial charge in [0.2, 0.25) is 0 Å². The second kappa shape index (κ2) is 6.85. The fourth-order valence-corrected chi connectivity index (χ4v) is 1.71. The highest BCUT2D eigenvalue weighted by Crippen LogP contribution is 2.16. The molecular weight excluding hydrogens is 256 g/mol. The number of rotatable bonds is 7. The number of hydrogen-bond donors (Lipinski definition) is 2. The molecule has 2 rings (SSSR count). The van der Waals surface area contributed by atoms with Crippen molar-refractivity contribution in [1.82, 2.24) is 19.7 Å². The van der Waals surface area contributed by atoms with Crippen molar-refractivity contribution in [1.29, 1.82) is 0 Å². The molecule has 2 aromatic heterocycles. The lowest BCUT2D eigenvalue weighted by atomic mass is 10.4. The van der Waals surface area contributed by atoms with Crippen LogP contribution in [0.2, 0.25) is 0 Å². The van der Waals surface area contributed by atoms with Gasteiger partial charge in [-0.05, 0) is 6.42 Å². The standard InChI is InChI=1S/C13H20N6O/c1-4-6-14-11-8-12(17-13(16-11)9-20-3)15-10-5-7-19(2)18-10/h5,7-8H,4,6,9H2,1-3H3,(H2,14,15,16,17,18). The van der Waals surface area contributed by atoms with Gasteiger partial charge in [-0.25, -0.2) is 9.97 Å². The molecule has 0 unspecified atom stereocenters. The Balaban J connectivity index is 2.18. The zero-order valence-electron chi connectivity index (χ0n) is 12.1. The lowest BCUT2D eigenvalue weighted by Crippen LogP contribution is -2.08. The van der Waals surface area contributed by atoms with Crippen LogP contribution >= 0.6 is 0 Å². The molecule has 0 fully saturated rings. The number of aryl methyl sites for hydroxylation is 1. The van der Waals surface area contributed by atoms with Gasteiger partial charge >= 0.3 is 0 Å². The van der Waals surface area contributed by atoms with Gasteiger partial charge in [-0.3, -0.25) is 4.68 Å². The Labute approximate surface area is 118 Å². The summed E-state index contributed by atoms with van der Waals surface area (Å²) in [4.78, 5) is 8.79. The third kappa shape index (κ3) is 3.92. The van der Waals surface area contributed by atoms with Crippen LogP contribution in [0.5, 0.6) is 0 Å². The van der Waals surface area contributed by atoms with Gasteiger partial charge in [-0.1, -0.05) is 6.92 Å². The van der Waals surface area contributed by atoms with Gasteiger partial charge in [0.05, 0.1) is 0 Å². The van der Waals surface area contributed by atoms with E-state index in [0.717, 1.165) is 24.6 Å². The average Bonchev–Trinajstić information content (AvgIpc) is 2.82. The number of anilines is 3. The summed E-state index contributed by atoms with van der Waals surface area (Å²) in [5.74, 6) is 2.86. The summed E-state index contributed by atoms with van der Waals surface area (Å²) in [5, 5.41) is 10.7. The topological polar surface area (TPSA) is 76.9 Å². The van der Waals surface area contributed by atoms with Crippen molar-refractivity contribution in [3.8, 4) is 0 Å². The molecule has 2 aromatic rings. The number of ether oxygens (including phenoxy) is 1. The van der Waals surface area contributed by atoms with Gasteiger partial charge < -0.3 is 15.4 Å². The predicted octanol–water partition coefficient (Wildman–Crippen LogP) is 1.92. The molecule has 0 atom stereocenters. The second-order valence-corrected chi connectivity index (χ2v) is 4.41. The number of nitrogens with one attached hydrogen (secondary N) is 2. The number of aromatic nitrogens is 4. The summed E-state index contributed by atoms with van der Waals surface area (Å²) in [5.41, 5.74) is 0. The molecule has 20 heavy (non-hydrogen) atoms. The maximum absolute atomic E-state index is 5.10. The Bertz CT molecular complexity index is 554. The molecule has 0 radical (unpaired) electrons. The number of hydrogen-bond acceptors (Lipinski definition) is 6. The van der Waals surface area contributed by atoms with Gasteiger partial charge in [0.25, 0.3) is 0 Å². The Morgan fingerprint density at radius 2 is 2.05 bits per heavy atom. The van der Waals surface area contributed by atoms with Crippen LogP contribution in [0.4, 0.5) is 17.5 Å². The average molecular weight is 276 g/mol. The highest BCUT2D eigenvalue weighted by atomic mass is 16.5. The van der Waals surface area contributed by atoms with Gasteiger partial charge in [0, 0.05) is 39.0 Å². The van der Waals surface area contributed by atoms with E-state index in [0.29, 0.717) is 18.2 Å². The quantitative estimate of drug-likeness (QED) is 0.804. The van der Waals surface area contributed by atoms with E-state index in [-0.39, 0.29) is 0 Å². The fourth-order valence-electron chi connectivity index (χ4n) is 1.71. The van der Waals surface area contributed by atoms with Crippen molar-refractivity contribution in [3.63, 3.8) is 0 Å². The molecule has 0 aliphatic carbocycles. The monoisotopic (exact) mass is 276 g/mol. The van der Waals surface area contributed by atoms with Crippen LogP contribution in [0, 0.1) is 0 Å². The molecular formula is C13H20N6O. The lowest BCUT2D eigenvalue weighted by molar-refractivity contribution is 0.178. The summed E-state index contributed by atoms with van der Waals surface area (Å²) in [6, 6.07) is 3.75. The summed E-state index contributed by atoms with van der Waals surface area (Å²) >= 11 is 0. The Kier molecular flexibility index (Phi) is 4.89. The third-order valence-electron chi connectivity index (χ3n) is 2.57. The minimum Gasteiger partial charge on any atom is -0.377 e. The smallest absolute Gasteiger partial charge is 0.158 e. The molecule has 0 aliphatic rings. The van der Waals surface area contributed by atoms with Crippen LogP contribution in [0.15, 0.2) is 18.3 Å². The van der Waals surface area contributed by atoms with Crippen molar-refractivity contribution in [3.05, 3.63) is 24.2 Å². The van der Waals surface area contributed by atoms with Crippen LogP contribution in [0.1, 0.15) is 19.2 Å². The molecule has 7 heteroatoms. The molecule has 0 aromatic carbocycles. The van der Waals surface area contributed by atoms with Gasteiger partial charge in [0.1, 0.15) is 18.2 Å². The lowest BCUT2D eigenvalue weighted by Gasteiger charge is -2.09. The molecule has 2 heterocycles. The highest BCUT2D eigenvalue weighted by molar-refractivity contribution is 5.55. The van der Waals surface area contributed by atoms with E-state index in [2.05, 4.69) is 32.6 Å². The first-order chi connectivity index (χ1) is 9.71. The molecule has 0 saturated carbocycles. The second-order valence-electron chi connectivity index (χ2n) is 4.41. The van der Waals surface area contributed by atoms with Gasteiger partial charge in [0.15, 0.2) is 11.6 Å². The minimum absolute atomic E-state index is 0.374. The van der Waals surface area contributed by atoms with E-state index in [1.54, 1.807) is 11.8 Å². The van der Waals surface area contributed by atoms with Crippen LogP contribution in [0.25, 0.3) is 0 Å². The predicted molar refractivity (Wildman–Crippen MR) is 78.0 cm³/mol. The van der Waals surface area contributed by atoms with E-state index < -0.39 is 0 Å². The first-order valence-corrected chi connectivity index (χ1v) is 6.58. The summed E-state index contributed by atoms with van der Waals surface area (Å²) in [7, 11) is 3.50. The molecule has 0 spiro atoms. The summed E-state index contributed by atoms with van der Waals surface area (Å²) in [6.45, 7) is 3.35. The van der Waals surface area contributed by atoms with E-state index in [1.165, 1.54) is 0 Å². The van der Waals surface area contributed by atoms with E-state index in [9.17, 15) is 0 Å². The van der Waals surface area contributed by atoms with Crippen LogP contribution in [0.3, 0.4) is 0 Å². The maximum atomic E-state index is 5.10. The molecule has 0 aliphatic heterocycles. The molecule has 2 N–H and O–H groups in total.